The number of aryl methyl sites for hydroxylation is 1. The molecule has 0 aliphatic carbocycles. The third-order valence-electron chi connectivity index (χ3n) is 4.20. The van der Waals surface area contributed by atoms with Gasteiger partial charge < -0.3 is 14.2 Å². The summed E-state index contributed by atoms with van der Waals surface area (Å²) in [6.45, 7) is 5.99. The van der Waals surface area contributed by atoms with E-state index in [-0.39, 0.29) is 24.0 Å². The molecule has 0 amide bonds. The van der Waals surface area contributed by atoms with Gasteiger partial charge in [-0.25, -0.2) is 9.18 Å². The first-order chi connectivity index (χ1) is 11.3. The van der Waals surface area contributed by atoms with Crippen LogP contribution in [-0.2, 0) is 11.3 Å². The highest BCUT2D eigenvalue weighted by Crippen LogP contribution is 2.18. The SMILES string of the molecule is CCOC(=O)c1cn(CC(C)N(C)C)c2cc(F)c(C)cc2c1=O. The number of ether oxygens (including phenoxy) is 1. The molecule has 6 heteroatoms. The van der Waals surface area contributed by atoms with E-state index < -0.39 is 11.4 Å². The Kier molecular flexibility index (Phi) is 5.39. The molecule has 1 aromatic carbocycles. The van der Waals surface area contributed by atoms with E-state index in [2.05, 4.69) is 0 Å². The second-order valence-electron chi connectivity index (χ2n) is 6.18. The van der Waals surface area contributed by atoms with Crippen LogP contribution in [0.1, 0.15) is 29.8 Å². The lowest BCUT2D eigenvalue weighted by Crippen LogP contribution is -2.31. The Morgan fingerprint density at radius 1 is 1.38 bits per heavy atom. The lowest BCUT2D eigenvalue weighted by atomic mass is 10.1. The van der Waals surface area contributed by atoms with Crippen LogP contribution in [0.25, 0.3) is 10.9 Å². The van der Waals surface area contributed by atoms with Gasteiger partial charge in [-0.15, -0.1) is 0 Å². The van der Waals surface area contributed by atoms with Crippen LogP contribution in [0, 0.1) is 12.7 Å². The van der Waals surface area contributed by atoms with E-state index in [1.54, 1.807) is 18.4 Å². The first kappa shape index (κ1) is 18.1. The average molecular weight is 334 g/mol. The number of rotatable bonds is 5. The number of nitrogens with zero attached hydrogens (tertiary/aromatic N) is 2. The lowest BCUT2D eigenvalue weighted by molar-refractivity contribution is 0.0524. The summed E-state index contributed by atoms with van der Waals surface area (Å²) >= 11 is 0. The number of esters is 1. The summed E-state index contributed by atoms with van der Waals surface area (Å²) in [5.74, 6) is -1.03. The predicted molar refractivity (Wildman–Crippen MR) is 92.0 cm³/mol. The summed E-state index contributed by atoms with van der Waals surface area (Å²) in [7, 11) is 3.87. The largest absolute Gasteiger partial charge is 0.462 e. The van der Waals surface area contributed by atoms with E-state index in [0.717, 1.165) is 0 Å². The zero-order valence-electron chi connectivity index (χ0n) is 14.7. The number of halogens is 1. The fourth-order valence-electron chi connectivity index (χ4n) is 2.47. The van der Waals surface area contributed by atoms with Gasteiger partial charge in [-0.1, -0.05) is 0 Å². The van der Waals surface area contributed by atoms with Gasteiger partial charge in [0.2, 0.25) is 5.43 Å². The highest BCUT2D eigenvalue weighted by atomic mass is 19.1. The molecular formula is C18H23FN2O3. The number of aromatic nitrogens is 1. The highest BCUT2D eigenvalue weighted by Gasteiger charge is 2.19. The molecule has 130 valence electrons. The van der Waals surface area contributed by atoms with Crippen LogP contribution in [0.2, 0.25) is 0 Å². The molecule has 1 heterocycles. The molecule has 0 spiro atoms. The summed E-state index contributed by atoms with van der Waals surface area (Å²) < 4.78 is 20.7. The standard InChI is InChI=1S/C18H23FN2O3/c1-6-24-18(23)14-10-21(9-12(3)20(4)5)16-8-15(19)11(2)7-13(16)17(14)22/h7-8,10,12H,6,9H2,1-5H3. The third kappa shape index (κ3) is 3.48. The van der Waals surface area contributed by atoms with Crippen molar-refractivity contribution in [1.82, 2.24) is 9.47 Å². The Bertz CT molecular complexity index is 827. The number of carbonyl (C=O) groups excluding carboxylic acids is 1. The summed E-state index contributed by atoms with van der Waals surface area (Å²) in [5.41, 5.74) is 0.388. The second kappa shape index (κ2) is 7.13. The molecule has 0 bridgehead atoms. The molecule has 1 aromatic heterocycles. The minimum absolute atomic E-state index is 0.0266. The van der Waals surface area contributed by atoms with Crippen LogP contribution < -0.4 is 5.43 Å². The van der Waals surface area contributed by atoms with Crippen molar-refractivity contribution in [2.45, 2.75) is 33.4 Å². The number of pyridine rings is 1. The van der Waals surface area contributed by atoms with Crippen LogP contribution in [0.3, 0.4) is 0 Å². The molecule has 0 fully saturated rings. The van der Waals surface area contributed by atoms with E-state index in [0.29, 0.717) is 23.0 Å². The van der Waals surface area contributed by atoms with Crippen molar-refractivity contribution in [3.05, 3.63) is 45.5 Å². The normalized spacial score (nSPS) is 12.6. The average Bonchev–Trinajstić information content (AvgIpc) is 2.51. The Balaban J connectivity index is 2.73. The summed E-state index contributed by atoms with van der Waals surface area (Å²) in [4.78, 5) is 26.8. The summed E-state index contributed by atoms with van der Waals surface area (Å²) in [6.07, 6.45) is 1.47. The van der Waals surface area contributed by atoms with Crippen molar-refractivity contribution in [2.24, 2.45) is 0 Å². The van der Waals surface area contributed by atoms with Crippen molar-refractivity contribution in [2.75, 3.05) is 20.7 Å². The van der Waals surface area contributed by atoms with E-state index >= 15 is 0 Å². The van der Waals surface area contributed by atoms with Crippen LogP contribution in [0.5, 0.6) is 0 Å². The monoisotopic (exact) mass is 334 g/mol. The fourth-order valence-corrected chi connectivity index (χ4v) is 2.47. The Morgan fingerprint density at radius 2 is 2.04 bits per heavy atom. The van der Waals surface area contributed by atoms with Crippen LogP contribution in [0.4, 0.5) is 4.39 Å². The molecule has 2 rings (SSSR count). The zero-order valence-corrected chi connectivity index (χ0v) is 14.7. The zero-order chi connectivity index (χ0) is 18.0. The van der Waals surface area contributed by atoms with E-state index in [1.165, 1.54) is 18.3 Å². The molecule has 0 saturated carbocycles. The molecule has 0 aliphatic heterocycles. The van der Waals surface area contributed by atoms with E-state index in [4.69, 9.17) is 4.74 Å². The molecule has 24 heavy (non-hydrogen) atoms. The van der Waals surface area contributed by atoms with Gasteiger partial charge in [0.25, 0.3) is 0 Å². The van der Waals surface area contributed by atoms with Gasteiger partial charge in [0.15, 0.2) is 0 Å². The predicted octanol–water partition coefficient (Wildman–Crippen LogP) is 2.58. The molecule has 0 aliphatic rings. The highest BCUT2D eigenvalue weighted by molar-refractivity contribution is 5.94. The maximum Gasteiger partial charge on any atom is 0.343 e. The van der Waals surface area contributed by atoms with Gasteiger partial charge in [-0.3, -0.25) is 4.79 Å². The van der Waals surface area contributed by atoms with Gasteiger partial charge in [-0.2, -0.15) is 0 Å². The molecular weight excluding hydrogens is 311 g/mol. The molecule has 5 nitrogen and oxygen atoms in total. The Labute approximate surface area is 140 Å². The van der Waals surface area contributed by atoms with Gasteiger partial charge in [0.05, 0.1) is 12.1 Å². The number of carbonyl (C=O) groups is 1. The van der Waals surface area contributed by atoms with Crippen LogP contribution >= 0.6 is 0 Å². The Morgan fingerprint density at radius 3 is 2.62 bits per heavy atom. The van der Waals surface area contributed by atoms with Crippen LogP contribution in [-0.4, -0.2) is 42.2 Å². The minimum Gasteiger partial charge on any atom is -0.462 e. The minimum atomic E-state index is -0.655. The first-order valence-corrected chi connectivity index (χ1v) is 7.93. The third-order valence-corrected chi connectivity index (χ3v) is 4.20. The fraction of sp³-hybridized carbons (Fsp3) is 0.444. The van der Waals surface area contributed by atoms with Crippen molar-refractivity contribution in [3.63, 3.8) is 0 Å². The van der Waals surface area contributed by atoms with Crippen molar-refractivity contribution in [1.29, 1.82) is 0 Å². The molecule has 1 unspecified atom stereocenters. The van der Waals surface area contributed by atoms with Gasteiger partial charge in [-0.05, 0) is 52.6 Å². The number of hydrogen-bond donors (Lipinski definition) is 0. The molecule has 2 aromatic rings. The topological polar surface area (TPSA) is 51.5 Å². The first-order valence-electron chi connectivity index (χ1n) is 7.93. The molecule has 0 radical (unpaired) electrons. The summed E-state index contributed by atoms with van der Waals surface area (Å²) in [5, 5.41) is 0.324. The number of likely N-dealkylation sites (N-methyl/N-ethyl adjacent to an activating group) is 1. The maximum atomic E-state index is 14.0. The van der Waals surface area contributed by atoms with E-state index in [9.17, 15) is 14.0 Å². The van der Waals surface area contributed by atoms with Gasteiger partial charge in [0, 0.05) is 24.2 Å². The lowest BCUT2D eigenvalue weighted by Gasteiger charge is -2.23. The van der Waals surface area contributed by atoms with Crippen molar-refractivity contribution in [3.8, 4) is 0 Å². The molecule has 1 atom stereocenters. The molecule has 0 N–H and O–H groups in total. The number of benzene rings is 1. The van der Waals surface area contributed by atoms with E-state index in [1.807, 2.05) is 25.9 Å². The molecule has 0 saturated heterocycles. The summed E-state index contributed by atoms with van der Waals surface area (Å²) in [6, 6.07) is 2.98. The van der Waals surface area contributed by atoms with Crippen molar-refractivity contribution < 1.29 is 13.9 Å². The maximum absolute atomic E-state index is 14.0. The van der Waals surface area contributed by atoms with Crippen molar-refractivity contribution >= 4 is 16.9 Å². The smallest absolute Gasteiger partial charge is 0.343 e. The van der Waals surface area contributed by atoms with Gasteiger partial charge >= 0.3 is 5.97 Å². The van der Waals surface area contributed by atoms with Crippen LogP contribution in [0.15, 0.2) is 23.1 Å². The second-order valence-corrected chi connectivity index (χ2v) is 6.18. The number of hydrogen-bond acceptors (Lipinski definition) is 4. The van der Waals surface area contributed by atoms with Gasteiger partial charge in [0.1, 0.15) is 11.4 Å². The quantitative estimate of drug-likeness (QED) is 0.789. The number of fused-ring (bicyclic) bond motifs is 1. The Hall–Kier alpha value is -2.21.